The van der Waals surface area contributed by atoms with Crippen molar-refractivity contribution in [3.05, 3.63) is 63.7 Å². The van der Waals surface area contributed by atoms with E-state index in [1.54, 1.807) is 0 Å². The molecular formula is C21H24ClF3N2O3S. The van der Waals surface area contributed by atoms with Gasteiger partial charge in [0, 0.05) is 6.54 Å². The molecule has 0 saturated carbocycles. The number of anilines is 1. The average molecular weight is 477 g/mol. The van der Waals surface area contributed by atoms with Crippen LogP contribution in [0.3, 0.4) is 0 Å². The molecule has 2 aromatic carbocycles. The number of hydrogen-bond donors (Lipinski definition) is 1. The predicted octanol–water partition coefficient (Wildman–Crippen LogP) is 4.57. The van der Waals surface area contributed by atoms with Gasteiger partial charge in [-0.3, -0.25) is 9.10 Å². The van der Waals surface area contributed by atoms with Crippen LogP contribution in [0.15, 0.2) is 36.4 Å². The van der Waals surface area contributed by atoms with Crippen molar-refractivity contribution in [3.8, 4) is 0 Å². The van der Waals surface area contributed by atoms with Gasteiger partial charge in [-0.1, -0.05) is 43.6 Å². The van der Waals surface area contributed by atoms with E-state index in [9.17, 15) is 26.4 Å². The van der Waals surface area contributed by atoms with E-state index in [4.69, 9.17) is 11.6 Å². The number of amides is 1. The highest BCUT2D eigenvalue weighted by molar-refractivity contribution is 7.92. The van der Waals surface area contributed by atoms with E-state index in [1.165, 1.54) is 0 Å². The molecular weight excluding hydrogens is 453 g/mol. The van der Waals surface area contributed by atoms with Gasteiger partial charge in [0.25, 0.3) is 0 Å². The Bertz CT molecular complexity index is 1060. The van der Waals surface area contributed by atoms with E-state index >= 15 is 0 Å². The predicted molar refractivity (Wildman–Crippen MR) is 116 cm³/mol. The van der Waals surface area contributed by atoms with E-state index in [0.29, 0.717) is 10.4 Å². The highest BCUT2D eigenvalue weighted by atomic mass is 35.5. The summed E-state index contributed by atoms with van der Waals surface area (Å²) in [6, 6.07) is 8.67. The number of carbonyl (C=O) groups is 1. The van der Waals surface area contributed by atoms with Gasteiger partial charge in [0.1, 0.15) is 6.54 Å². The van der Waals surface area contributed by atoms with Crippen LogP contribution in [-0.4, -0.2) is 27.1 Å². The molecule has 0 aliphatic heterocycles. The molecule has 0 heterocycles. The third-order valence-electron chi connectivity index (χ3n) is 4.77. The molecule has 0 fully saturated rings. The highest BCUT2D eigenvalue weighted by Gasteiger charge is 2.34. The number of aryl methyl sites for hydroxylation is 2. The Hall–Kier alpha value is -2.26. The smallest absolute Gasteiger partial charge is 0.350 e. The molecule has 10 heteroatoms. The number of alkyl halides is 3. The lowest BCUT2D eigenvalue weighted by Gasteiger charge is -2.23. The van der Waals surface area contributed by atoms with Crippen LogP contribution in [0, 0.1) is 0 Å². The number of halogens is 4. The number of benzene rings is 2. The number of carbonyl (C=O) groups excluding carboxylic acids is 1. The van der Waals surface area contributed by atoms with Gasteiger partial charge in [-0.05, 0) is 47.7 Å². The minimum Gasteiger partial charge on any atom is -0.350 e. The van der Waals surface area contributed by atoms with Gasteiger partial charge in [-0.2, -0.15) is 13.2 Å². The molecule has 0 saturated heterocycles. The Kier molecular flexibility index (Phi) is 7.99. The zero-order chi connectivity index (χ0) is 23.4. The molecule has 0 spiro atoms. The average Bonchev–Trinajstić information content (AvgIpc) is 2.69. The fourth-order valence-corrected chi connectivity index (χ4v) is 4.15. The maximum atomic E-state index is 13.2. The molecule has 0 aliphatic rings. The summed E-state index contributed by atoms with van der Waals surface area (Å²) in [4.78, 5) is 12.5. The van der Waals surface area contributed by atoms with Crippen molar-refractivity contribution in [3.63, 3.8) is 0 Å². The molecule has 170 valence electrons. The highest BCUT2D eigenvalue weighted by Crippen LogP contribution is 2.37. The third kappa shape index (κ3) is 6.61. The van der Waals surface area contributed by atoms with Crippen LogP contribution in [0.25, 0.3) is 0 Å². The van der Waals surface area contributed by atoms with E-state index < -0.39 is 39.2 Å². The first kappa shape index (κ1) is 25.0. The van der Waals surface area contributed by atoms with E-state index in [0.717, 1.165) is 47.9 Å². The van der Waals surface area contributed by atoms with Crippen molar-refractivity contribution in [1.82, 2.24) is 5.32 Å². The van der Waals surface area contributed by atoms with Gasteiger partial charge in [-0.15, -0.1) is 0 Å². The summed E-state index contributed by atoms with van der Waals surface area (Å²) in [5.41, 5.74) is 1.58. The summed E-state index contributed by atoms with van der Waals surface area (Å²) in [7, 11) is -4.03. The fourth-order valence-electron chi connectivity index (χ4n) is 3.07. The minimum absolute atomic E-state index is 0.182. The fraction of sp³-hybridized carbons (Fsp3) is 0.381. The summed E-state index contributed by atoms with van der Waals surface area (Å²) in [6.45, 7) is 3.51. The maximum absolute atomic E-state index is 13.2. The minimum atomic E-state index is -4.76. The molecule has 0 unspecified atom stereocenters. The second-order valence-corrected chi connectivity index (χ2v) is 9.33. The van der Waals surface area contributed by atoms with E-state index in [1.807, 2.05) is 32.0 Å². The van der Waals surface area contributed by atoms with Crippen molar-refractivity contribution in [2.75, 3.05) is 17.1 Å². The summed E-state index contributed by atoms with van der Waals surface area (Å²) < 4.78 is 64.5. The van der Waals surface area contributed by atoms with Crippen molar-refractivity contribution in [2.24, 2.45) is 0 Å². The lowest BCUT2D eigenvalue weighted by Crippen LogP contribution is -2.40. The Labute approximate surface area is 185 Å². The molecule has 1 N–H and O–H groups in total. The number of nitrogens with zero attached hydrogens (tertiary/aromatic N) is 1. The van der Waals surface area contributed by atoms with Crippen molar-refractivity contribution in [1.29, 1.82) is 0 Å². The molecule has 0 aromatic heterocycles. The molecule has 2 rings (SSSR count). The largest absolute Gasteiger partial charge is 0.417 e. The molecule has 1 amide bonds. The first-order valence-electron chi connectivity index (χ1n) is 9.58. The second-order valence-electron chi connectivity index (χ2n) is 7.02. The van der Waals surface area contributed by atoms with Crippen molar-refractivity contribution in [2.45, 2.75) is 39.4 Å². The zero-order valence-electron chi connectivity index (χ0n) is 17.4. The van der Waals surface area contributed by atoms with Gasteiger partial charge in [-0.25, -0.2) is 8.42 Å². The van der Waals surface area contributed by atoms with E-state index in [2.05, 4.69) is 5.32 Å². The Balaban J connectivity index is 2.24. The van der Waals surface area contributed by atoms with Gasteiger partial charge < -0.3 is 5.32 Å². The Morgan fingerprint density at radius 2 is 1.74 bits per heavy atom. The molecule has 2 aromatic rings. The molecule has 31 heavy (non-hydrogen) atoms. The van der Waals surface area contributed by atoms with Gasteiger partial charge in [0.15, 0.2) is 0 Å². The number of nitrogens with one attached hydrogen (secondary N) is 1. The van der Waals surface area contributed by atoms with Crippen LogP contribution in [0.2, 0.25) is 5.02 Å². The first-order chi connectivity index (χ1) is 14.4. The molecule has 0 radical (unpaired) electrons. The second kappa shape index (κ2) is 9.91. The normalized spacial score (nSPS) is 12.0. The summed E-state index contributed by atoms with van der Waals surface area (Å²) >= 11 is 5.61. The number of sulfonamides is 1. The van der Waals surface area contributed by atoms with Crippen LogP contribution in [0.1, 0.15) is 36.1 Å². The molecule has 0 aliphatic carbocycles. The standard InChI is InChI=1S/C21H24ClF3N2O3S/c1-4-14-6-7-15(5-2)16(10-14)12-26-20(28)13-27(31(3,29)30)17-8-9-19(22)18(11-17)21(23,24)25/h6-11H,4-5,12-13H2,1-3H3,(H,26,28). The van der Waals surface area contributed by atoms with Crippen molar-refractivity contribution >= 4 is 33.2 Å². The monoisotopic (exact) mass is 476 g/mol. The quantitative estimate of drug-likeness (QED) is 0.607. The Morgan fingerprint density at radius 1 is 1.06 bits per heavy atom. The maximum Gasteiger partial charge on any atom is 0.417 e. The van der Waals surface area contributed by atoms with Crippen LogP contribution in [0.5, 0.6) is 0 Å². The van der Waals surface area contributed by atoms with E-state index in [-0.39, 0.29) is 12.2 Å². The summed E-state index contributed by atoms with van der Waals surface area (Å²) in [6.07, 6.45) is -2.36. The lowest BCUT2D eigenvalue weighted by molar-refractivity contribution is -0.137. The first-order valence-corrected chi connectivity index (χ1v) is 11.8. The van der Waals surface area contributed by atoms with Gasteiger partial charge in [0.2, 0.25) is 15.9 Å². The molecule has 0 atom stereocenters. The number of rotatable bonds is 8. The van der Waals surface area contributed by atoms with Crippen molar-refractivity contribution < 1.29 is 26.4 Å². The van der Waals surface area contributed by atoms with Gasteiger partial charge >= 0.3 is 6.18 Å². The van der Waals surface area contributed by atoms with Gasteiger partial charge in [0.05, 0.1) is 22.5 Å². The molecule has 0 bridgehead atoms. The lowest BCUT2D eigenvalue weighted by atomic mass is 10.0. The summed E-state index contributed by atoms with van der Waals surface area (Å²) in [5, 5.41) is 2.10. The number of hydrogen-bond acceptors (Lipinski definition) is 3. The van der Waals surface area contributed by atoms with Crippen LogP contribution < -0.4 is 9.62 Å². The topological polar surface area (TPSA) is 66.5 Å². The third-order valence-corrected chi connectivity index (χ3v) is 6.24. The summed E-state index contributed by atoms with van der Waals surface area (Å²) in [5.74, 6) is -0.641. The van der Waals surface area contributed by atoms with Crippen LogP contribution >= 0.6 is 11.6 Å². The zero-order valence-corrected chi connectivity index (χ0v) is 19.0. The molecule has 5 nitrogen and oxygen atoms in total. The van der Waals surface area contributed by atoms with Crippen LogP contribution in [0.4, 0.5) is 18.9 Å². The van der Waals surface area contributed by atoms with Crippen LogP contribution in [-0.2, 0) is 40.4 Å². The SMILES string of the molecule is CCc1ccc(CC)c(CNC(=O)CN(c2ccc(Cl)c(C(F)(F)F)c2)S(C)(=O)=O)c1. The Morgan fingerprint density at radius 3 is 2.29 bits per heavy atom.